The van der Waals surface area contributed by atoms with Crippen LogP contribution in [0.5, 0.6) is 0 Å². The van der Waals surface area contributed by atoms with Crippen molar-refractivity contribution in [3.63, 3.8) is 0 Å². The van der Waals surface area contributed by atoms with E-state index < -0.39 is 0 Å². The van der Waals surface area contributed by atoms with Gasteiger partial charge in [-0.15, -0.1) is 0 Å². The summed E-state index contributed by atoms with van der Waals surface area (Å²) in [6.45, 7) is 1.07. The molecular weight excluding hydrogens is 298 g/mol. The Morgan fingerprint density at radius 2 is 2.33 bits per heavy atom. The maximum atomic E-state index is 11.8. The second-order valence-electron chi connectivity index (χ2n) is 4.32. The van der Waals surface area contributed by atoms with Crippen molar-refractivity contribution in [3.05, 3.63) is 28.2 Å². The summed E-state index contributed by atoms with van der Waals surface area (Å²) >= 11 is 3.28. The predicted molar refractivity (Wildman–Crippen MR) is 72.4 cm³/mol. The van der Waals surface area contributed by atoms with Crippen molar-refractivity contribution in [1.82, 2.24) is 0 Å². The smallest absolute Gasteiger partial charge is 0.338 e. The van der Waals surface area contributed by atoms with E-state index in [1.807, 2.05) is 0 Å². The second kappa shape index (κ2) is 6.20. The molecule has 1 unspecified atom stereocenters. The van der Waals surface area contributed by atoms with Crippen LogP contribution in [0.15, 0.2) is 22.7 Å². The highest BCUT2D eigenvalue weighted by molar-refractivity contribution is 9.10. The molecule has 0 spiro atoms. The number of hydrogen-bond acceptors (Lipinski definition) is 4. The minimum absolute atomic E-state index is 0.0375. The number of rotatable bonds is 3. The molecule has 5 heteroatoms. The first-order valence-corrected chi connectivity index (χ1v) is 6.80. The van der Waals surface area contributed by atoms with Crippen LogP contribution in [0.4, 0.5) is 5.69 Å². The van der Waals surface area contributed by atoms with E-state index in [9.17, 15) is 4.79 Å². The first kappa shape index (κ1) is 13.4. The lowest BCUT2D eigenvalue weighted by atomic mass is 10.1. The zero-order valence-corrected chi connectivity index (χ0v) is 11.6. The quantitative estimate of drug-likeness (QED) is 0.688. The van der Waals surface area contributed by atoms with E-state index in [0.717, 1.165) is 30.3 Å². The predicted octanol–water partition coefficient (Wildman–Crippen LogP) is 2.76. The summed E-state index contributed by atoms with van der Waals surface area (Å²) in [6.07, 6.45) is 3.21. The van der Waals surface area contributed by atoms with Gasteiger partial charge in [0.1, 0.15) is 6.61 Å². The molecule has 0 aliphatic carbocycles. The van der Waals surface area contributed by atoms with Crippen LogP contribution >= 0.6 is 15.9 Å². The average Bonchev–Trinajstić information content (AvgIpc) is 2.40. The van der Waals surface area contributed by atoms with E-state index in [2.05, 4.69) is 15.9 Å². The third kappa shape index (κ3) is 3.46. The van der Waals surface area contributed by atoms with Gasteiger partial charge in [0.15, 0.2) is 0 Å². The molecule has 4 nitrogen and oxygen atoms in total. The summed E-state index contributed by atoms with van der Waals surface area (Å²) < 4.78 is 11.5. The molecular formula is C13H16BrNO3. The summed E-state index contributed by atoms with van der Waals surface area (Å²) in [4.78, 5) is 11.8. The summed E-state index contributed by atoms with van der Waals surface area (Å²) in [6, 6.07) is 5.03. The number of carbonyl (C=O) groups is 1. The topological polar surface area (TPSA) is 61.6 Å². The molecule has 1 atom stereocenters. The Morgan fingerprint density at radius 3 is 3.00 bits per heavy atom. The van der Waals surface area contributed by atoms with Crippen molar-refractivity contribution in [2.45, 2.75) is 25.4 Å². The Hall–Kier alpha value is -1.07. The van der Waals surface area contributed by atoms with Gasteiger partial charge in [-0.05, 0) is 53.4 Å². The summed E-state index contributed by atoms with van der Waals surface area (Å²) in [7, 11) is 0. The summed E-state index contributed by atoms with van der Waals surface area (Å²) in [5.41, 5.74) is 6.71. The molecule has 2 rings (SSSR count). The van der Waals surface area contributed by atoms with Crippen LogP contribution in [0.2, 0.25) is 0 Å². The second-order valence-corrected chi connectivity index (χ2v) is 5.18. The molecule has 0 bridgehead atoms. The first-order chi connectivity index (χ1) is 8.66. The van der Waals surface area contributed by atoms with Gasteiger partial charge in [0.2, 0.25) is 0 Å². The van der Waals surface area contributed by atoms with Gasteiger partial charge in [0, 0.05) is 16.8 Å². The Morgan fingerprint density at radius 1 is 1.50 bits per heavy atom. The average molecular weight is 314 g/mol. The molecule has 0 aromatic heterocycles. The number of hydrogen-bond donors (Lipinski definition) is 1. The molecule has 1 aromatic carbocycles. The van der Waals surface area contributed by atoms with Gasteiger partial charge >= 0.3 is 5.97 Å². The number of esters is 1. The van der Waals surface area contributed by atoms with E-state index in [0.29, 0.717) is 17.9 Å². The van der Waals surface area contributed by atoms with Crippen molar-refractivity contribution in [3.8, 4) is 0 Å². The van der Waals surface area contributed by atoms with E-state index in [1.165, 1.54) is 0 Å². The highest BCUT2D eigenvalue weighted by Crippen LogP contribution is 2.21. The van der Waals surface area contributed by atoms with Crippen LogP contribution in [0.25, 0.3) is 0 Å². The lowest BCUT2D eigenvalue weighted by molar-refractivity contribution is -0.0300. The Kier molecular flexibility index (Phi) is 4.60. The van der Waals surface area contributed by atoms with E-state index in [4.69, 9.17) is 15.2 Å². The van der Waals surface area contributed by atoms with E-state index in [-0.39, 0.29) is 12.1 Å². The van der Waals surface area contributed by atoms with Crippen LogP contribution in [0.1, 0.15) is 29.6 Å². The zero-order valence-electron chi connectivity index (χ0n) is 10.0. The fourth-order valence-corrected chi connectivity index (χ4v) is 2.11. The third-order valence-corrected chi connectivity index (χ3v) is 3.63. The monoisotopic (exact) mass is 313 g/mol. The fourth-order valence-electron chi connectivity index (χ4n) is 1.86. The van der Waals surface area contributed by atoms with Crippen molar-refractivity contribution in [2.24, 2.45) is 0 Å². The lowest BCUT2D eigenvalue weighted by Gasteiger charge is -2.22. The van der Waals surface area contributed by atoms with Crippen LogP contribution in [-0.4, -0.2) is 25.3 Å². The normalized spacial score (nSPS) is 19.5. The molecule has 0 radical (unpaired) electrons. The molecule has 0 saturated carbocycles. The standard InChI is InChI=1S/C13H16BrNO3/c14-11-5-4-9(7-12(11)15)13(16)18-8-10-3-1-2-6-17-10/h4-5,7,10H,1-3,6,8,15H2. The molecule has 2 N–H and O–H groups in total. The van der Waals surface area contributed by atoms with Gasteiger partial charge in [-0.3, -0.25) is 0 Å². The van der Waals surface area contributed by atoms with E-state index >= 15 is 0 Å². The SMILES string of the molecule is Nc1cc(C(=O)OCC2CCCCO2)ccc1Br. The van der Waals surface area contributed by atoms with Crippen LogP contribution < -0.4 is 5.73 Å². The fraction of sp³-hybridized carbons (Fsp3) is 0.462. The number of benzene rings is 1. The number of nitrogens with two attached hydrogens (primary N) is 1. The molecule has 1 saturated heterocycles. The Labute approximate surface area is 115 Å². The molecule has 1 aliphatic rings. The zero-order chi connectivity index (χ0) is 13.0. The molecule has 1 heterocycles. The summed E-state index contributed by atoms with van der Waals surface area (Å²) in [5.74, 6) is -0.358. The number of anilines is 1. The third-order valence-electron chi connectivity index (χ3n) is 2.91. The highest BCUT2D eigenvalue weighted by atomic mass is 79.9. The number of ether oxygens (including phenoxy) is 2. The maximum absolute atomic E-state index is 11.8. The number of nitrogen functional groups attached to an aromatic ring is 1. The van der Waals surface area contributed by atoms with Crippen molar-refractivity contribution >= 4 is 27.6 Å². The Bertz CT molecular complexity index is 430. The molecule has 1 aromatic rings. The van der Waals surface area contributed by atoms with Gasteiger partial charge < -0.3 is 15.2 Å². The van der Waals surface area contributed by atoms with Crippen molar-refractivity contribution in [1.29, 1.82) is 0 Å². The Balaban J connectivity index is 1.88. The molecule has 18 heavy (non-hydrogen) atoms. The molecule has 98 valence electrons. The van der Waals surface area contributed by atoms with Gasteiger partial charge in [-0.25, -0.2) is 4.79 Å². The van der Waals surface area contributed by atoms with Crippen LogP contribution in [0.3, 0.4) is 0 Å². The lowest BCUT2D eigenvalue weighted by Crippen LogP contribution is -2.25. The van der Waals surface area contributed by atoms with Crippen LogP contribution in [0, 0.1) is 0 Å². The minimum atomic E-state index is -0.358. The van der Waals surface area contributed by atoms with Crippen molar-refractivity contribution in [2.75, 3.05) is 18.9 Å². The van der Waals surface area contributed by atoms with Gasteiger partial charge in [-0.2, -0.15) is 0 Å². The van der Waals surface area contributed by atoms with E-state index in [1.54, 1.807) is 18.2 Å². The first-order valence-electron chi connectivity index (χ1n) is 6.00. The molecule has 1 aliphatic heterocycles. The van der Waals surface area contributed by atoms with Crippen LogP contribution in [-0.2, 0) is 9.47 Å². The maximum Gasteiger partial charge on any atom is 0.338 e. The summed E-state index contributed by atoms with van der Waals surface area (Å²) in [5, 5.41) is 0. The van der Waals surface area contributed by atoms with Gasteiger partial charge in [0.05, 0.1) is 11.7 Å². The van der Waals surface area contributed by atoms with Crippen molar-refractivity contribution < 1.29 is 14.3 Å². The molecule has 1 fully saturated rings. The molecule has 0 amide bonds. The van der Waals surface area contributed by atoms with Gasteiger partial charge in [-0.1, -0.05) is 0 Å². The number of carbonyl (C=O) groups excluding carboxylic acids is 1. The van der Waals surface area contributed by atoms with Gasteiger partial charge in [0.25, 0.3) is 0 Å². The minimum Gasteiger partial charge on any atom is -0.459 e. The number of halogens is 1. The largest absolute Gasteiger partial charge is 0.459 e. The highest BCUT2D eigenvalue weighted by Gasteiger charge is 2.17.